The number of carbonyl (C=O) groups excluding carboxylic acids is 1. The normalized spacial score (nSPS) is 11.0. The number of rotatable bonds is 5. The molecule has 0 N–H and O–H groups in total. The number of aryl methyl sites for hydroxylation is 1. The molecule has 0 unspecified atom stereocenters. The molecule has 6 heteroatoms. The molecule has 0 saturated heterocycles. The molecule has 1 amide bonds. The van der Waals surface area contributed by atoms with Gasteiger partial charge in [0.1, 0.15) is 11.4 Å². The van der Waals surface area contributed by atoms with E-state index in [1.165, 1.54) is 22.2 Å². The summed E-state index contributed by atoms with van der Waals surface area (Å²) in [6.07, 6.45) is 1.47. The maximum absolute atomic E-state index is 13.1. The first-order chi connectivity index (χ1) is 14.0. The number of amides is 1. The van der Waals surface area contributed by atoms with E-state index in [1.54, 1.807) is 11.9 Å². The van der Waals surface area contributed by atoms with E-state index in [2.05, 4.69) is 4.98 Å². The second kappa shape index (κ2) is 8.01. The van der Waals surface area contributed by atoms with E-state index in [0.717, 1.165) is 22.3 Å². The summed E-state index contributed by atoms with van der Waals surface area (Å²) in [5.41, 5.74) is 3.87. The number of nitrogens with zero attached hydrogens (tertiary/aromatic N) is 3. The Kier molecular flexibility index (Phi) is 5.27. The lowest BCUT2D eigenvalue weighted by atomic mass is 10.1. The van der Waals surface area contributed by atoms with Crippen LogP contribution in [0.25, 0.3) is 21.3 Å². The first-order valence-electron chi connectivity index (χ1n) is 9.35. The van der Waals surface area contributed by atoms with Gasteiger partial charge in [0.25, 0.3) is 5.56 Å². The smallest absolute Gasteiger partial charge is 0.263 e. The van der Waals surface area contributed by atoms with Crippen molar-refractivity contribution in [2.45, 2.75) is 20.0 Å². The van der Waals surface area contributed by atoms with E-state index in [4.69, 9.17) is 0 Å². The van der Waals surface area contributed by atoms with Crippen molar-refractivity contribution in [2.75, 3.05) is 7.05 Å². The van der Waals surface area contributed by atoms with Crippen LogP contribution in [-0.2, 0) is 17.9 Å². The molecule has 2 heterocycles. The average molecular weight is 404 g/mol. The second-order valence-electron chi connectivity index (χ2n) is 7.05. The number of thiophene rings is 1. The Labute approximate surface area is 172 Å². The molecular weight excluding hydrogens is 382 g/mol. The van der Waals surface area contributed by atoms with E-state index >= 15 is 0 Å². The van der Waals surface area contributed by atoms with Gasteiger partial charge < -0.3 is 4.90 Å². The summed E-state index contributed by atoms with van der Waals surface area (Å²) < 4.78 is 1.40. The number of likely N-dealkylation sites (N-methyl/N-ethyl adjacent to an activating group) is 1. The zero-order chi connectivity index (χ0) is 20.4. The minimum absolute atomic E-state index is 0.0335. The minimum atomic E-state index is -0.187. The van der Waals surface area contributed by atoms with Crippen molar-refractivity contribution in [3.8, 4) is 11.1 Å². The van der Waals surface area contributed by atoms with Crippen LogP contribution < -0.4 is 5.56 Å². The van der Waals surface area contributed by atoms with Gasteiger partial charge in [0.15, 0.2) is 0 Å². The molecule has 5 nitrogen and oxygen atoms in total. The van der Waals surface area contributed by atoms with Gasteiger partial charge in [0.05, 0.1) is 11.7 Å². The lowest BCUT2D eigenvalue weighted by Crippen LogP contribution is -2.33. The van der Waals surface area contributed by atoms with Crippen molar-refractivity contribution in [1.82, 2.24) is 14.5 Å². The van der Waals surface area contributed by atoms with Gasteiger partial charge in [0.2, 0.25) is 5.91 Å². The summed E-state index contributed by atoms with van der Waals surface area (Å²) in [6, 6.07) is 17.7. The largest absolute Gasteiger partial charge is 0.340 e. The molecule has 2 aromatic carbocycles. The predicted molar refractivity (Wildman–Crippen MR) is 117 cm³/mol. The molecule has 0 aliphatic rings. The first-order valence-corrected chi connectivity index (χ1v) is 10.2. The predicted octanol–water partition coefficient (Wildman–Crippen LogP) is 4.09. The lowest BCUT2D eigenvalue weighted by molar-refractivity contribution is -0.131. The van der Waals surface area contributed by atoms with E-state index in [9.17, 15) is 9.59 Å². The summed E-state index contributed by atoms with van der Waals surface area (Å²) in [6.45, 7) is 2.50. The van der Waals surface area contributed by atoms with E-state index in [-0.39, 0.29) is 18.0 Å². The summed E-state index contributed by atoms with van der Waals surface area (Å²) in [7, 11) is 1.76. The fourth-order valence-corrected chi connectivity index (χ4v) is 4.21. The number of carbonyl (C=O) groups is 1. The Morgan fingerprint density at radius 2 is 1.83 bits per heavy atom. The minimum Gasteiger partial charge on any atom is -0.340 e. The van der Waals surface area contributed by atoms with Crippen LogP contribution >= 0.6 is 11.3 Å². The van der Waals surface area contributed by atoms with Crippen molar-refractivity contribution in [3.05, 3.63) is 87.8 Å². The second-order valence-corrected chi connectivity index (χ2v) is 7.91. The first kappa shape index (κ1) is 19.1. The van der Waals surface area contributed by atoms with Crippen LogP contribution in [0.3, 0.4) is 0 Å². The third-order valence-corrected chi connectivity index (χ3v) is 5.93. The summed E-state index contributed by atoms with van der Waals surface area (Å²) >= 11 is 1.44. The van der Waals surface area contributed by atoms with E-state index in [1.807, 2.05) is 66.9 Å². The van der Waals surface area contributed by atoms with Crippen molar-refractivity contribution in [3.63, 3.8) is 0 Å². The monoisotopic (exact) mass is 403 g/mol. The Morgan fingerprint density at radius 1 is 1.10 bits per heavy atom. The average Bonchev–Trinajstić information content (AvgIpc) is 3.17. The molecule has 4 aromatic rings. The third-order valence-electron chi connectivity index (χ3n) is 5.05. The Bertz CT molecular complexity index is 1230. The number of fused-ring (bicyclic) bond motifs is 1. The van der Waals surface area contributed by atoms with Gasteiger partial charge in [-0.2, -0.15) is 0 Å². The van der Waals surface area contributed by atoms with Crippen LogP contribution in [0.2, 0.25) is 0 Å². The Morgan fingerprint density at radius 3 is 2.59 bits per heavy atom. The topological polar surface area (TPSA) is 55.2 Å². The number of benzene rings is 2. The van der Waals surface area contributed by atoms with Gasteiger partial charge in [0, 0.05) is 24.5 Å². The van der Waals surface area contributed by atoms with Crippen LogP contribution in [0.15, 0.2) is 71.1 Å². The van der Waals surface area contributed by atoms with Gasteiger partial charge in [-0.15, -0.1) is 11.3 Å². The highest BCUT2D eigenvalue weighted by Gasteiger charge is 2.16. The Hall–Kier alpha value is -3.25. The number of hydrogen-bond donors (Lipinski definition) is 0. The quantitative estimate of drug-likeness (QED) is 0.504. The van der Waals surface area contributed by atoms with Crippen LogP contribution in [-0.4, -0.2) is 27.4 Å². The third kappa shape index (κ3) is 3.84. The fourth-order valence-electron chi connectivity index (χ4n) is 3.31. The van der Waals surface area contributed by atoms with Crippen LogP contribution in [0.5, 0.6) is 0 Å². The molecule has 2 aromatic heterocycles. The molecule has 146 valence electrons. The molecule has 29 heavy (non-hydrogen) atoms. The van der Waals surface area contributed by atoms with Crippen molar-refractivity contribution in [1.29, 1.82) is 0 Å². The van der Waals surface area contributed by atoms with Crippen LogP contribution in [0.1, 0.15) is 11.1 Å². The zero-order valence-electron chi connectivity index (χ0n) is 16.3. The molecule has 0 aliphatic heterocycles. The van der Waals surface area contributed by atoms with Crippen molar-refractivity contribution >= 4 is 27.5 Å². The van der Waals surface area contributed by atoms with Crippen LogP contribution in [0.4, 0.5) is 0 Å². The Balaban J connectivity index is 1.61. The number of hydrogen-bond acceptors (Lipinski definition) is 4. The molecule has 0 spiro atoms. The van der Waals surface area contributed by atoms with Gasteiger partial charge in [-0.3, -0.25) is 14.2 Å². The maximum Gasteiger partial charge on any atom is 0.263 e. The molecule has 0 fully saturated rings. The maximum atomic E-state index is 13.1. The van der Waals surface area contributed by atoms with Crippen LogP contribution in [0, 0.1) is 6.92 Å². The molecular formula is C23H21N3O2S. The lowest BCUT2D eigenvalue weighted by Gasteiger charge is -2.19. The zero-order valence-corrected chi connectivity index (χ0v) is 17.1. The molecule has 0 aliphatic carbocycles. The standard InChI is InChI=1S/C23H21N3O2S/c1-16-8-6-7-11-18(16)12-25(2)20(27)13-26-15-24-22-21(23(26)28)19(14-29-22)17-9-4-3-5-10-17/h3-11,14-15H,12-13H2,1-2H3. The SMILES string of the molecule is Cc1ccccc1CN(C)C(=O)Cn1cnc2scc(-c3ccccc3)c2c1=O. The molecule has 0 bridgehead atoms. The summed E-state index contributed by atoms with van der Waals surface area (Å²) in [4.78, 5) is 32.6. The highest BCUT2D eigenvalue weighted by atomic mass is 32.1. The van der Waals surface area contributed by atoms with Gasteiger partial charge in [-0.1, -0.05) is 54.6 Å². The molecule has 4 rings (SSSR count). The number of aromatic nitrogens is 2. The van der Waals surface area contributed by atoms with Gasteiger partial charge in [-0.25, -0.2) is 4.98 Å². The van der Waals surface area contributed by atoms with E-state index in [0.29, 0.717) is 16.8 Å². The van der Waals surface area contributed by atoms with Gasteiger partial charge in [-0.05, 0) is 23.6 Å². The summed E-state index contributed by atoms with van der Waals surface area (Å²) in [5.74, 6) is -0.131. The summed E-state index contributed by atoms with van der Waals surface area (Å²) in [5, 5.41) is 2.52. The van der Waals surface area contributed by atoms with Crippen molar-refractivity contribution < 1.29 is 4.79 Å². The molecule has 0 atom stereocenters. The van der Waals surface area contributed by atoms with E-state index < -0.39 is 0 Å². The fraction of sp³-hybridized carbons (Fsp3) is 0.174. The highest BCUT2D eigenvalue weighted by Crippen LogP contribution is 2.30. The van der Waals surface area contributed by atoms with Gasteiger partial charge >= 0.3 is 0 Å². The highest BCUT2D eigenvalue weighted by molar-refractivity contribution is 7.17. The molecule has 0 radical (unpaired) electrons. The molecule has 0 saturated carbocycles. The van der Waals surface area contributed by atoms with Crippen molar-refractivity contribution in [2.24, 2.45) is 0 Å².